The molecule has 0 radical (unpaired) electrons. The van der Waals surface area contributed by atoms with Gasteiger partial charge >= 0.3 is 0 Å². The topological polar surface area (TPSA) is 82.5 Å². The minimum atomic E-state index is -0.403. The molecule has 150 valence electrons. The van der Waals surface area contributed by atoms with E-state index in [1.807, 2.05) is 17.0 Å². The van der Waals surface area contributed by atoms with Crippen LogP contribution in [-0.4, -0.2) is 51.3 Å². The number of fused-ring (bicyclic) bond motifs is 1. The Kier molecular flexibility index (Phi) is 4.66. The Hall–Kier alpha value is -2.96. The van der Waals surface area contributed by atoms with Crippen LogP contribution in [0.2, 0.25) is 0 Å². The molecule has 4 heterocycles. The van der Waals surface area contributed by atoms with Crippen molar-refractivity contribution in [2.24, 2.45) is 4.99 Å². The molecule has 2 N–H and O–H groups in total. The smallest absolute Gasteiger partial charge is 0.254 e. The number of aromatic nitrogens is 2. The average molecular weight is 390 g/mol. The van der Waals surface area contributed by atoms with Gasteiger partial charge in [0.2, 0.25) is 0 Å². The summed E-state index contributed by atoms with van der Waals surface area (Å²) in [7, 11) is 0. The largest absolute Gasteiger partial charge is 0.368 e. The Bertz CT molecular complexity index is 924. The van der Waals surface area contributed by atoms with E-state index in [2.05, 4.69) is 20.6 Å². The predicted molar refractivity (Wildman–Crippen MR) is 113 cm³/mol. The molecule has 1 saturated heterocycles. The molecule has 3 aliphatic rings. The van der Waals surface area contributed by atoms with Crippen LogP contribution in [0.25, 0.3) is 0 Å². The van der Waals surface area contributed by atoms with E-state index in [0.29, 0.717) is 18.2 Å². The number of carbonyl (C=O) groups is 1. The maximum atomic E-state index is 13.1. The quantitative estimate of drug-likeness (QED) is 0.822. The molecule has 0 aromatic carbocycles. The van der Waals surface area contributed by atoms with Gasteiger partial charge in [-0.05, 0) is 49.9 Å². The zero-order chi connectivity index (χ0) is 19.7. The fraction of sp³-hybridized carbons (Fsp3) is 0.455. The Balaban J connectivity index is 1.48. The van der Waals surface area contributed by atoms with Crippen LogP contribution >= 0.6 is 0 Å². The van der Waals surface area contributed by atoms with E-state index < -0.39 is 5.54 Å². The van der Waals surface area contributed by atoms with Crippen LogP contribution in [0.4, 0.5) is 11.5 Å². The average Bonchev–Trinajstić information content (AvgIpc) is 3.28. The Morgan fingerprint density at radius 2 is 1.97 bits per heavy atom. The molecular formula is C22H26N6O. The summed E-state index contributed by atoms with van der Waals surface area (Å²) in [6, 6.07) is 7.88. The standard InChI is InChI=1S/C22H26N6O/c29-20(16-8-12-23-13-9-16)28-14-4-10-22(15-28)21(25-17-5-1-2-6-17)26-19-18(27-22)7-3-11-24-19/h3,7-9,11-13,17,27H,1-2,4-6,10,14-15H2,(H,24,25,26). The number of amidine groups is 1. The Morgan fingerprint density at radius 1 is 1.14 bits per heavy atom. The lowest BCUT2D eigenvalue weighted by Gasteiger charge is -2.47. The highest BCUT2D eigenvalue weighted by molar-refractivity contribution is 6.09. The van der Waals surface area contributed by atoms with Crippen LogP contribution in [0.1, 0.15) is 48.9 Å². The van der Waals surface area contributed by atoms with Gasteiger partial charge < -0.3 is 15.5 Å². The maximum Gasteiger partial charge on any atom is 0.254 e. The molecule has 29 heavy (non-hydrogen) atoms. The number of pyridine rings is 2. The Morgan fingerprint density at radius 3 is 2.79 bits per heavy atom. The molecule has 2 aromatic rings. The lowest BCUT2D eigenvalue weighted by molar-refractivity contribution is 0.0694. The van der Waals surface area contributed by atoms with Crippen molar-refractivity contribution in [1.82, 2.24) is 14.9 Å². The van der Waals surface area contributed by atoms with Crippen LogP contribution in [0.15, 0.2) is 47.8 Å². The number of nitrogens with zero attached hydrogens (tertiary/aromatic N) is 4. The fourth-order valence-electron chi connectivity index (χ4n) is 4.73. The highest BCUT2D eigenvalue weighted by Gasteiger charge is 2.45. The van der Waals surface area contributed by atoms with Gasteiger partial charge in [-0.2, -0.15) is 0 Å². The van der Waals surface area contributed by atoms with Crippen molar-refractivity contribution in [3.63, 3.8) is 0 Å². The highest BCUT2D eigenvalue weighted by Crippen LogP contribution is 2.36. The number of carbonyl (C=O) groups excluding carboxylic acids is 1. The van der Waals surface area contributed by atoms with Crippen LogP contribution in [-0.2, 0) is 0 Å². The third kappa shape index (κ3) is 3.45. The summed E-state index contributed by atoms with van der Waals surface area (Å²) >= 11 is 0. The van der Waals surface area contributed by atoms with E-state index in [4.69, 9.17) is 4.99 Å². The summed E-state index contributed by atoms with van der Waals surface area (Å²) in [6.45, 7) is 1.34. The second kappa shape index (κ2) is 7.46. The monoisotopic (exact) mass is 390 g/mol. The van der Waals surface area contributed by atoms with Gasteiger partial charge in [0.15, 0.2) is 5.82 Å². The molecule has 0 bridgehead atoms. The van der Waals surface area contributed by atoms with Gasteiger partial charge in [-0.25, -0.2) is 4.98 Å². The summed E-state index contributed by atoms with van der Waals surface area (Å²) < 4.78 is 0. The van der Waals surface area contributed by atoms with Crippen molar-refractivity contribution < 1.29 is 4.79 Å². The molecule has 1 aliphatic carbocycles. The summed E-state index contributed by atoms with van der Waals surface area (Å²) in [5.74, 6) is 1.79. The SMILES string of the molecule is O=C(c1ccncc1)N1CCCC2(C1)Nc1cccnc1NC2=NC1CCCC1. The fourth-order valence-corrected chi connectivity index (χ4v) is 4.73. The first-order valence-electron chi connectivity index (χ1n) is 10.5. The molecule has 1 amide bonds. The first kappa shape index (κ1) is 18.1. The summed E-state index contributed by atoms with van der Waals surface area (Å²) in [4.78, 5) is 28.7. The number of nitrogens with one attached hydrogen (secondary N) is 2. The van der Waals surface area contributed by atoms with E-state index in [1.165, 1.54) is 12.8 Å². The molecule has 1 atom stereocenters. The van der Waals surface area contributed by atoms with E-state index >= 15 is 0 Å². The van der Waals surface area contributed by atoms with Crippen molar-refractivity contribution >= 4 is 23.2 Å². The van der Waals surface area contributed by atoms with Crippen molar-refractivity contribution in [3.8, 4) is 0 Å². The lowest BCUT2D eigenvalue weighted by Crippen LogP contribution is -2.62. The zero-order valence-electron chi connectivity index (χ0n) is 16.5. The van der Waals surface area contributed by atoms with Gasteiger partial charge in [-0.1, -0.05) is 12.8 Å². The van der Waals surface area contributed by atoms with Crippen molar-refractivity contribution in [2.75, 3.05) is 23.7 Å². The van der Waals surface area contributed by atoms with E-state index in [0.717, 1.165) is 49.6 Å². The second-order valence-corrected chi connectivity index (χ2v) is 8.21. The number of aliphatic imine (C=N–C) groups is 1. The van der Waals surface area contributed by atoms with E-state index in [9.17, 15) is 4.79 Å². The lowest BCUT2D eigenvalue weighted by atomic mass is 9.85. The molecule has 2 aliphatic heterocycles. The van der Waals surface area contributed by atoms with Crippen LogP contribution < -0.4 is 10.6 Å². The number of rotatable bonds is 2. The minimum absolute atomic E-state index is 0.0467. The normalized spacial score (nSPS) is 25.5. The van der Waals surface area contributed by atoms with Crippen molar-refractivity contribution in [3.05, 3.63) is 48.4 Å². The molecule has 1 saturated carbocycles. The first-order valence-corrected chi connectivity index (χ1v) is 10.5. The summed E-state index contributed by atoms with van der Waals surface area (Å²) in [6.07, 6.45) is 11.7. The highest BCUT2D eigenvalue weighted by atomic mass is 16.2. The molecule has 2 aromatic heterocycles. The second-order valence-electron chi connectivity index (χ2n) is 8.21. The third-order valence-electron chi connectivity index (χ3n) is 6.21. The van der Waals surface area contributed by atoms with Gasteiger partial charge in [0.25, 0.3) is 5.91 Å². The minimum Gasteiger partial charge on any atom is -0.368 e. The van der Waals surface area contributed by atoms with Crippen molar-refractivity contribution in [1.29, 1.82) is 0 Å². The van der Waals surface area contributed by atoms with E-state index in [1.54, 1.807) is 30.7 Å². The molecular weight excluding hydrogens is 364 g/mol. The number of hydrogen-bond acceptors (Lipinski definition) is 5. The molecule has 7 heteroatoms. The third-order valence-corrected chi connectivity index (χ3v) is 6.21. The summed E-state index contributed by atoms with van der Waals surface area (Å²) in [5.41, 5.74) is 1.24. The number of amides is 1. The number of hydrogen-bond donors (Lipinski definition) is 2. The van der Waals surface area contributed by atoms with Crippen LogP contribution in [0.3, 0.4) is 0 Å². The Labute approximate surface area is 170 Å². The number of piperidine rings is 1. The first-order chi connectivity index (χ1) is 14.2. The van der Waals surface area contributed by atoms with E-state index in [-0.39, 0.29) is 5.91 Å². The van der Waals surface area contributed by atoms with Gasteiger partial charge in [-0.15, -0.1) is 0 Å². The predicted octanol–water partition coefficient (Wildman–Crippen LogP) is 3.33. The zero-order valence-corrected chi connectivity index (χ0v) is 16.5. The summed E-state index contributed by atoms with van der Waals surface area (Å²) in [5, 5.41) is 7.22. The van der Waals surface area contributed by atoms with Crippen molar-refractivity contribution in [2.45, 2.75) is 50.1 Å². The van der Waals surface area contributed by atoms with Gasteiger partial charge in [0, 0.05) is 30.7 Å². The number of likely N-dealkylation sites (tertiary alicyclic amines) is 1. The maximum absolute atomic E-state index is 13.1. The molecule has 1 unspecified atom stereocenters. The van der Waals surface area contributed by atoms with Gasteiger partial charge in [-0.3, -0.25) is 14.8 Å². The molecule has 1 spiro atoms. The number of anilines is 2. The molecule has 7 nitrogen and oxygen atoms in total. The van der Waals surface area contributed by atoms with Crippen LogP contribution in [0, 0.1) is 0 Å². The van der Waals surface area contributed by atoms with Gasteiger partial charge in [0.05, 0.1) is 18.3 Å². The van der Waals surface area contributed by atoms with Gasteiger partial charge in [0.1, 0.15) is 11.4 Å². The molecule has 5 rings (SSSR count). The molecule has 2 fully saturated rings. The van der Waals surface area contributed by atoms with Crippen LogP contribution in [0.5, 0.6) is 0 Å².